The summed E-state index contributed by atoms with van der Waals surface area (Å²) in [5, 5.41) is 0. The average Bonchev–Trinajstić information content (AvgIpc) is 2.45. The van der Waals surface area contributed by atoms with E-state index in [1.807, 2.05) is 0 Å². The molecule has 0 unspecified atom stereocenters. The van der Waals surface area contributed by atoms with E-state index >= 15 is 0 Å². The molecule has 0 aliphatic carbocycles. The first-order chi connectivity index (χ1) is 10.3. The molecule has 0 aromatic heterocycles. The smallest absolute Gasteiger partial charge is 0.454 e. The third-order valence-electron chi connectivity index (χ3n) is 2.78. The van der Waals surface area contributed by atoms with Crippen molar-refractivity contribution in [2.75, 3.05) is 0 Å². The molecule has 0 bridgehead atoms. The summed E-state index contributed by atoms with van der Waals surface area (Å²) in [6.45, 7) is -0.458. The molecule has 0 atom stereocenters. The Labute approximate surface area is 122 Å². The lowest BCUT2D eigenvalue weighted by Crippen LogP contribution is -2.24. The molecule has 0 fully saturated rings. The first-order valence-electron chi connectivity index (χ1n) is 6.05. The van der Waals surface area contributed by atoms with Gasteiger partial charge in [0.2, 0.25) is 0 Å². The number of carbonyl (C=O) groups is 1. The lowest BCUT2D eigenvalue weighted by molar-refractivity contribution is -0.0886. The topological polar surface area (TPSA) is 26.3 Å². The summed E-state index contributed by atoms with van der Waals surface area (Å²) in [6.07, 6.45) is -5.07. The lowest BCUT2D eigenvalue weighted by Gasteiger charge is -2.12. The predicted molar refractivity (Wildman–Crippen MR) is 67.5 cm³/mol. The number of halogens is 5. The number of Topliss-reactive ketones (excluding diaryl/α,β-unsaturated/α-hetero) is 1. The SMILES string of the molecule is O=C(c1ccc(F)cc1COc1ccc(F)cc1)C(F)(F)F. The third-order valence-corrected chi connectivity index (χ3v) is 2.78. The molecule has 22 heavy (non-hydrogen) atoms. The summed E-state index contributed by atoms with van der Waals surface area (Å²) in [5.41, 5.74) is -0.928. The zero-order valence-corrected chi connectivity index (χ0v) is 11.0. The number of benzene rings is 2. The second-order valence-electron chi connectivity index (χ2n) is 4.37. The molecule has 2 nitrogen and oxygen atoms in total. The molecule has 0 heterocycles. The van der Waals surface area contributed by atoms with E-state index in [0.717, 1.165) is 30.3 Å². The Morgan fingerprint density at radius 2 is 1.55 bits per heavy atom. The van der Waals surface area contributed by atoms with Gasteiger partial charge in [-0.2, -0.15) is 13.2 Å². The molecule has 2 aromatic rings. The van der Waals surface area contributed by atoms with Gasteiger partial charge >= 0.3 is 6.18 Å². The quantitative estimate of drug-likeness (QED) is 0.621. The van der Waals surface area contributed by atoms with Gasteiger partial charge in [0.1, 0.15) is 24.0 Å². The van der Waals surface area contributed by atoms with E-state index in [-0.39, 0.29) is 11.3 Å². The number of rotatable bonds is 4. The second kappa shape index (κ2) is 6.13. The van der Waals surface area contributed by atoms with E-state index in [0.29, 0.717) is 0 Å². The second-order valence-corrected chi connectivity index (χ2v) is 4.37. The van der Waals surface area contributed by atoms with Gasteiger partial charge in [-0.1, -0.05) is 0 Å². The van der Waals surface area contributed by atoms with Crippen molar-refractivity contribution in [1.82, 2.24) is 0 Å². The van der Waals surface area contributed by atoms with Crippen LogP contribution in [0.3, 0.4) is 0 Å². The van der Waals surface area contributed by atoms with Gasteiger partial charge in [-0.05, 0) is 42.5 Å². The van der Waals surface area contributed by atoms with Gasteiger partial charge in [0.15, 0.2) is 0 Å². The summed E-state index contributed by atoms with van der Waals surface area (Å²) in [5.74, 6) is -3.20. The minimum Gasteiger partial charge on any atom is -0.489 e. The number of carbonyl (C=O) groups excluding carboxylic acids is 1. The molecular weight excluding hydrogens is 307 g/mol. The zero-order valence-electron chi connectivity index (χ0n) is 11.0. The Balaban J connectivity index is 2.24. The zero-order chi connectivity index (χ0) is 16.3. The maximum Gasteiger partial charge on any atom is 0.454 e. The van der Waals surface area contributed by atoms with Crippen LogP contribution in [0.2, 0.25) is 0 Å². The Morgan fingerprint density at radius 1 is 0.955 bits per heavy atom. The molecule has 0 saturated carbocycles. The highest BCUT2D eigenvalue weighted by Crippen LogP contribution is 2.25. The van der Waals surface area contributed by atoms with Crippen LogP contribution in [0, 0.1) is 11.6 Å². The standard InChI is InChI=1S/C15H9F5O2/c16-10-1-4-12(5-2-10)22-8-9-7-11(17)3-6-13(9)14(21)15(18,19)20/h1-7H,8H2. The van der Waals surface area contributed by atoms with Crippen molar-refractivity contribution in [3.05, 3.63) is 65.2 Å². The number of ether oxygens (including phenoxy) is 1. The van der Waals surface area contributed by atoms with Crippen LogP contribution in [-0.4, -0.2) is 12.0 Å². The van der Waals surface area contributed by atoms with Crippen LogP contribution in [0.4, 0.5) is 22.0 Å². The Kier molecular flexibility index (Phi) is 4.44. The van der Waals surface area contributed by atoms with E-state index in [2.05, 4.69) is 0 Å². The molecule has 2 aromatic carbocycles. The fourth-order valence-corrected chi connectivity index (χ4v) is 1.75. The van der Waals surface area contributed by atoms with Crippen LogP contribution in [0.5, 0.6) is 5.75 Å². The summed E-state index contributed by atoms with van der Waals surface area (Å²) in [6, 6.07) is 7.04. The van der Waals surface area contributed by atoms with Gasteiger partial charge in [0.05, 0.1) is 0 Å². The van der Waals surface area contributed by atoms with Gasteiger partial charge in [0, 0.05) is 11.1 Å². The molecule has 0 spiro atoms. The van der Waals surface area contributed by atoms with Gasteiger partial charge in [-0.15, -0.1) is 0 Å². The lowest BCUT2D eigenvalue weighted by atomic mass is 10.0. The molecule has 7 heteroatoms. The van der Waals surface area contributed by atoms with Crippen LogP contribution in [0.25, 0.3) is 0 Å². The van der Waals surface area contributed by atoms with Crippen molar-refractivity contribution < 1.29 is 31.5 Å². The van der Waals surface area contributed by atoms with Crippen LogP contribution >= 0.6 is 0 Å². The average molecular weight is 316 g/mol. The molecule has 0 aliphatic heterocycles. The van der Waals surface area contributed by atoms with Gasteiger partial charge in [-0.3, -0.25) is 4.79 Å². The maximum atomic E-state index is 13.2. The van der Waals surface area contributed by atoms with Gasteiger partial charge < -0.3 is 4.74 Å². The summed E-state index contributed by atoms with van der Waals surface area (Å²) in [4.78, 5) is 11.3. The molecule has 0 radical (unpaired) electrons. The number of ketones is 1. The fraction of sp³-hybridized carbons (Fsp3) is 0.133. The molecule has 116 valence electrons. The summed E-state index contributed by atoms with van der Waals surface area (Å²) >= 11 is 0. The Morgan fingerprint density at radius 3 is 2.14 bits per heavy atom. The third kappa shape index (κ3) is 3.81. The van der Waals surface area contributed by atoms with Crippen molar-refractivity contribution in [2.45, 2.75) is 12.8 Å². The number of hydrogen-bond acceptors (Lipinski definition) is 2. The molecule has 0 amide bonds. The first-order valence-corrected chi connectivity index (χ1v) is 6.05. The van der Waals surface area contributed by atoms with Crippen molar-refractivity contribution >= 4 is 5.78 Å². The highest BCUT2D eigenvalue weighted by Gasteiger charge is 2.40. The van der Waals surface area contributed by atoms with E-state index in [9.17, 15) is 26.7 Å². The van der Waals surface area contributed by atoms with E-state index in [1.165, 1.54) is 12.1 Å². The van der Waals surface area contributed by atoms with Crippen LogP contribution in [0.15, 0.2) is 42.5 Å². The maximum absolute atomic E-state index is 13.2. The first kappa shape index (κ1) is 15.9. The van der Waals surface area contributed by atoms with E-state index in [1.54, 1.807) is 0 Å². The van der Waals surface area contributed by atoms with Crippen LogP contribution in [-0.2, 0) is 6.61 Å². The molecule has 0 saturated heterocycles. The number of alkyl halides is 3. The highest BCUT2D eigenvalue weighted by atomic mass is 19.4. The molecule has 2 rings (SSSR count). The van der Waals surface area contributed by atoms with Crippen molar-refractivity contribution in [1.29, 1.82) is 0 Å². The Bertz CT molecular complexity index is 677. The minimum absolute atomic E-state index is 0.177. The molecule has 0 aliphatic rings. The fourth-order valence-electron chi connectivity index (χ4n) is 1.75. The minimum atomic E-state index is -5.07. The molecular formula is C15H9F5O2. The summed E-state index contributed by atoms with van der Waals surface area (Å²) in [7, 11) is 0. The number of hydrogen-bond donors (Lipinski definition) is 0. The molecule has 0 N–H and O–H groups in total. The van der Waals surface area contributed by atoms with Crippen LogP contribution in [0.1, 0.15) is 15.9 Å². The van der Waals surface area contributed by atoms with Crippen LogP contribution < -0.4 is 4.74 Å². The highest BCUT2D eigenvalue weighted by molar-refractivity contribution is 6.01. The van der Waals surface area contributed by atoms with Crippen molar-refractivity contribution in [3.63, 3.8) is 0 Å². The van der Waals surface area contributed by atoms with Crippen molar-refractivity contribution in [2.24, 2.45) is 0 Å². The monoisotopic (exact) mass is 316 g/mol. The van der Waals surface area contributed by atoms with E-state index < -0.39 is 35.8 Å². The van der Waals surface area contributed by atoms with Crippen molar-refractivity contribution in [3.8, 4) is 5.75 Å². The van der Waals surface area contributed by atoms with Gasteiger partial charge in [-0.25, -0.2) is 8.78 Å². The Hall–Kier alpha value is -2.44. The van der Waals surface area contributed by atoms with Gasteiger partial charge in [0.25, 0.3) is 5.78 Å². The largest absolute Gasteiger partial charge is 0.489 e. The summed E-state index contributed by atoms with van der Waals surface area (Å²) < 4.78 is 68.6. The van der Waals surface area contributed by atoms with E-state index in [4.69, 9.17) is 4.74 Å². The normalized spacial score (nSPS) is 11.3. The predicted octanol–water partition coefficient (Wildman–Crippen LogP) is 4.29.